The van der Waals surface area contributed by atoms with Gasteiger partial charge in [0.25, 0.3) is 0 Å². The summed E-state index contributed by atoms with van der Waals surface area (Å²) >= 11 is 0. The summed E-state index contributed by atoms with van der Waals surface area (Å²) in [5, 5.41) is 32.5. The van der Waals surface area contributed by atoms with Gasteiger partial charge in [-0.3, -0.25) is 4.79 Å². The first kappa shape index (κ1) is 39.2. The Labute approximate surface area is 285 Å². The highest BCUT2D eigenvalue weighted by Crippen LogP contribution is 2.22. The maximum absolute atomic E-state index is 13.6. The van der Waals surface area contributed by atoms with Crippen molar-refractivity contribution in [3.05, 3.63) is 65.5 Å². The van der Waals surface area contributed by atoms with Crippen molar-refractivity contribution in [2.45, 2.75) is 77.3 Å². The number of aliphatic carboxylic acids is 2. The van der Waals surface area contributed by atoms with Gasteiger partial charge in [-0.25, -0.2) is 18.8 Å². The van der Waals surface area contributed by atoms with E-state index in [1.807, 2.05) is 36.1 Å². The van der Waals surface area contributed by atoms with Crippen LogP contribution in [0, 0.1) is 11.7 Å². The van der Waals surface area contributed by atoms with Crippen molar-refractivity contribution < 1.29 is 53.5 Å². The standard InChI is InChI=1S/C31H42FN3O4.C4H6O6/c1-23(2)21-38-29-11-7-25(8-12-29)19-30(36)35(20-26-5-9-27(32)10-6-26)28-13-17-33(18-14-28)15-4-16-34-24(3)22-39-31(34)37;5-1(3(7)8)2(6)4(9)10/h5-12,23-24,28H,4,13-22H2,1-3H3;1-2,5-6H,(H,7,8)(H,9,10)/t24-;/m0./s1. The number of ether oxygens (including phenoxy) is 2. The topological polar surface area (TPSA) is 177 Å². The number of carboxylic acids is 2. The molecule has 0 aromatic heterocycles. The number of aliphatic hydroxyl groups excluding tert-OH is 2. The molecule has 2 aromatic carbocycles. The van der Waals surface area contributed by atoms with Crippen LogP contribution in [0.3, 0.4) is 0 Å². The number of nitrogens with zero attached hydrogens (tertiary/aromatic N) is 3. The number of carboxylic acid groups (broad SMARTS) is 2. The first-order valence-electron chi connectivity index (χ1n) is 16.5. The lowest BCUT2D eigenvalue weighted by Crippen LogP contribution is -2.48. The first-order chi connectivity index (χ1) is 23.2. The second kappa shape index (κ2) is 19.1. The highest BCUT2D eigenvalue weighted by atomic mass is 19.1. The lowest BCUT2D eigenvalue weighted by atomic mass is 10.0. The fourth-order valence-electron chi connectivity index (χ4n) is 5.50. The fourth-order valence-corrected chi connectivity index (χ4v) is 5.50. The minimum atomic E-state index is -2.27. The van der Waals surface area contributed by atoms with Crippen LogP contribution in [0.5, 0.6) is 5.75 Å². The van der Waals surface area contributed by atoms with E-state index >= 15 is 0 Å². The number of carbonyl (C=O) groups excluding carboxylic acids is 2. The largest absolute Gasteiger partial charge is 0.493 e. The van der Waals surface area contributed by atoms with Crippen molar-refractivity contribution >= 4 is 23.9 Å². The molecule has 0 aliphatic carbocycles. The predicted octanol–water partition coefficient (Wildman–Crippen LogP) is 3.00. The number of piperidine rings is 1. The van der Waals surface area contributed by atoms with E-state index in [1.54, 1.807) is 17.0 Å². The van der Waals surface area contributed by atoms with Crippen LogP contribution < -0.4 is 4.74 Å². The van der Waals surface area contributed by atoms with E-state index in [0.29, 0.717) is 38.6 Å². The summed E-state index contributed by atoms with van der Waals surface area (Å²) in [5.41, 5.74) is 1.88. The van der Waals surface area contributed by atoms with Gasteiger partial charge in [-0.1, -0.05) is 38.1 Å². The summed E-state index contributed by atoms with van der Waals surface area (Å²) in [7, 11) is 0. The number of aliphatic hydroxyl groups is 2. The van der Waals surface area contributed by atoms with Gasteiger partial charge < -0.3 is 44.6 Å². The van der Waals surface area contributed by atoms with Crippen molar-refractivity contribution in [3.63, 3.8) is 0 Å². The van der Waals surface area contributed by atoms with E-state index in [-0.39, 0.29) is 29.9 Å². The summed E-state index contributed by atoms with van der Waals surface area (Å²) in [6.07, 6.45) is -1.76. The zero-order valence-corrected chi connectivity index (χ0v) is 28.2. The van der Waals surface area contributed by atoms with Crippen molar-refractivity contribution in [2.75, 3.05) is 39.4 Å². The van der Waals surface area contributed by atoms with Crippen LogP contribution in [0.1, 0.15) is 51.2 Å². The molecular formula is C35H48FN3O10. The van der Waals surface area contributed by atoms with Gasteiger partial charge in [0.2, 0.25) is 5.91 Å². The summed E-state index contributed by atoms with van der Waals surface area (Å²) in [5.74, 6) is -2.47. The Kier molecular flexibility index (Phi) is 15.2. The quantitative estimate of drug-likeness (QED) is 0.216. The number of hydrogen-bond acceptors (Lipinski definition) is 9. The van der Waals surface area contributed by atoms with Crippen LogP contribution >= 0.6 is 0 Å². The first-order valence-corrected chi connectivity index (χ1v) is 16.5. The third-order valence-electron chi connectivity index (χ3n) is 8.34. The van der Waals surface area contributed by atoms with Gasteiger partial charge in [-0.15, -0.1) is 0 Å². The number of halogens is 1. The molecule has 270 valence electrons. The molecule has 2 unspecified atom stereocenters. The summed E-state index contributed by atoms with van der Waals surface area (Å²) in [6.45, 7) is 11.3. The number of carbonyl (C=O) groups is 4. The Bertz CT molecular complexity index is 1350. The lowest BCUT2D eigenvalue weighted by molar-refractivity contribution is -0.165. The van der Waals surface area contributed by atoms with E-state index in [2.05, 4.69) is 18.7 Å². The molecule has 4 rings (SSSR count). The Morgan fingerprint density at radius 2 is 1.51 bits per heavy atom. The third-order valence-corrected chi connectivity index (χ3v) is 8.34. The van der Waals surface area contributed by atoms with Crippen LogP contribution in [0.4, 0.5) is 9.18 Å². The molecule has 4 N–H and O–H groups in total. The van der Waals surface area contributed by atoms with E-state index < -0.39 is 24.1 Å². The average Bonchev–Trinajstić information content (AvgIpc) is 3.40. The Hall–Kier alpha value is -4.27. The van der Waals surface area contributed by atoms with Crippen LogP contribution in [0.25, 0.3) is 0 Å². The highest BCUT2D eigenvalue weighted by Gasteiger charge is 2.31. The van der Waals surface area contributed by atoms with Gasteiger partial charge in [-0.2, -0.15) is 0 Å². The van der Waals surface area contributed by atoms with Gasteiger partial charge >= 0.3 is 18.0 Å². The molecule has 0 radical (unpaired) electrons. The highest BCUT2D eigenvalue weighted by molar-refractivity contribution is 5.83. The van der Waals surface area contributed by atoms with Crippen LogP contribution in [0.2, 0.25) is 0 Å². The molecule has 0 saturated carbocycles. The number of amides is 2. The minimum Gasteiger partial charge on any atom is -0.493 e. The molecule has 2 heterocycles. The third kappa shape index (κ3) is 12.6. The summed E-state index contributed by atoms with van der Waals surface area (Å²) in [6, 6.07) is 14.5. The molecular weight excluding hydrogens is 641 g/mol. The number of rotatable bonds is 15. The lowest BCUT2D eigenvalue weighted by Gasteiger charge is -2.39. The fraction of sp³-hybridized carbons (Fsp3) is 0.543. The smallest absolute Gasteiger partial charge is 0.410 e. The molecule has 0 bridgehead atoms. The molecule has 13 nitrogen and oxygen atoms in total. The van der Waals surface area contributed by atoms with Gasteiger partial charge in [-0.05, 0) is 74.0 Å². The molecule has 2 aliphatic rings. The molecule has 2 saturated heterocycles. The van der Waals surface area contributed by atoms with E-state index in [0.717, 1.165) is 55.8 Å². The summed E-state index contributed by atoms with van der Waals surface area (Å²) < 4.78 is 24.4. The molecule has 2 fully saturated rings. The number of benzene rings is 2. The molecule has 0 spiro atoms. The number of hydrogen-bond donors (Lipinski definition) is 4. The SMILES string of the molecule is CC(C)COc1ccc(CC(=O)N(Cc2ccc(F)cc2)C2CCN(CCCN3C(=O)OC[C@@H]3C)CC2)cc1.O=C(O)C(O)C(O)C(=O)O. The number of likely N-dealkylation sites (tertiary alicyclic amines) is 1. The van der Waals surface area contributed by atoms with Crippen LogP contribution in [-0.2, 0) is 32.1 Å². The maximum atomic E-state index is 13.6. The van der Waals surface area contributed by atoms with Crippen molar-refractivity contribution in [1.29, 1.82) is 0 Å². The predicted molar refractivity (Wildman–Crippen MR) is 176 cm³/mol. The van der Waals surface area contributed by atoms with Crippen molar-refractivity contribution in [1.82, 2.24) is 14.7 Å². The second-order valence-electron chi connectivity index (χ2n) is 12.8. The molecule has 14 heteroatoms. The second-order valence-corrected chi connectivity index (χ2v) is 12.8. The normalized spacial score (nSPS) is 17.9. The average molecular weight is 690 g/mol. The van der Waals surface area contributed by atoms with Crippen molar-refractivity contribution in [3.8, 4) is 5.75 Å². The Balaban J connectivity index is 0.000000565. The van der Waals surface area contributed by atoms with Crippen LogP contribution in [0.15, 0.2) is 48.5 Å². The molecule has 49 heavy (non-hydrogen) atoms. The zero-order valence-electron chi connectivity index (χ0n) is 28.2. The minimum absolute atomic E-state index is 0.0788. The molecule has 3 atom stereocenters. The molecule has 2 amide bonds. The maximum Gasteiger partial charge on any atom is 0.410 e. The molecule has 2 aromatic rings. The Morgan fingerprint density at radius 3 is 2.02 bits per heavy atom. The monoisotopic (exact) mass is 689 g/mol. The van der Waals surface area contributed by atoms with E-state index in [1.165, 1.54) is 12.1 Å². The van der Waals surface area contributed by atoms with Gasteiger partial charge in [0.1, 0.15) is 18.2 Å². The van der Waals surface area contributed by atoms with E-state index in [9.17, 15) is 23.6 Å². The summed E-state index contributed by atoms with van der Waals surface area (Å²) in [4.78, 5) is 51.2. The zero-order chi connectivity index (χ0) is 36.1. The van der Waals surface area contributed by atoms with Gasteiger partial charge in [0.05, 0.1) is 19.1 Å². The Morgan fingerprint density at radius 1 is 0.939 bits per heavy atom. The van der Waals surface area contributed by atoms with Crippen LogP contribution in [-0.4, -0.2) is 123 Å². The molecule has 2 aliphatic heterocycles. The number of cyclic esters (lactones) is 1. The van der Waals surface area contributed by atoms with E-state index in [4.69, 9.17) is 29.9 Å². The van der Waals surface area contributed by atoms with Gasteiger partial charge in [0, 0.05) is 32.2 Å². The van der Waals surface area contributed by atoms with Gasteiger partial charge in [0.15, 0.2) is 12.2 Å². The van der Waals surface area contributed by atoms with Crippen molar-refractivity contribution in [2.24, 2.45) is 5.92 Å².